The third kappa shape index (κ3) is 5.64. The van der Waals surface area contributed by atoms with Crippen LogP contribution < -0.4 is 15.4 Å². The second-order valence-electron chi connectivity index (χ2n) is 8.04. The standard InChI is InChI=1S/C23H29N3O3.ClH/c27-22(16-29-20-10-9-18-6-1-2-7-19(18)13-20)26-12-4-5-17(15-26)14-25-23(28)21-8-3-11-24-21;/h1-2,6-7,9-10,13,17,21,24H,3-5,8,11-12,14-16H2,(H,25,28);1H. The predicted octanol–water partition coefficient (Wildman–Crippen LogP) is 2.75. The summed E-state index contributed by atoms with van der Waals surface area (Å²) in [5.41, 5.74) is 0. The second-order valence-corrected chi connectivity index (χ2v) is 8.04. The molecule has 2 heterocycles. The number of carbonyl (C=O) groups excluding carboxylic acids is 2. The summed E-state index contributed by atoms with van der Waals surface area (Å²) in [5, 5.41) is 8.53. The van der Waals surface area contributed by atoms with Gasteiger partial charge in [0.1, 0.15) is 5.75 Å². The maximum absolute atomic E-state index is 12.6. The van der Waals surface area contributed by atoms with Crippen molar-refractivity contribution in [2.45, 2.75) is 31.7 Å². The van der Waals surface area contributed by atoms with Crippen LogP contribution in [0.5, 0.6) is 5.75 Å². The summed E-state index contributed by atoms with van der Waals surface area (Å²) in [7, 11) is 0. The SMILES string of the molecule is Cl.O=C(NCC1CCCN(C(=O)COc2ccc3ccccc3c2)C1)C1CCCN1. The smallest absolute Gasteiger partial charge is 0.260 e. The number of hydrogen-bond acceptors (Lipinski definition) is 4. The topological polar surface area (TPSA) is 70.7 Å². The lowest BCUT2D eigenvalue weighted by Crippen LogP contribution is -2.47. The Morgan fingerprint density at radius 2 is 1.93 bits per heavy atom. The minimum Gasteiger partial charge on any atom is -0.484 e. The number of fused-ring (bicyclic) bond motifs is 1. The van der Waals surface area contributed by atoms with Crippen LogP contribution in [0.15, 0.2) is 42.5 Å². The Bertz CT molecular complexity index is 870. The molecule has 2 saturated heterocycles. The van der Waals surface area contributed by atoms with Crippen molar-refractivity contribution in [1.82, 2.24) is 15.5 Å². The maximum Gasteiger partial charge on any atom is 0.260 e. The van der Waals surface area contributed by atoms with Crippen LogP contribution >= 0.6 is 12.4 Å². The third-order valence-corrected chi connectivity index (χ3v) is 5.90. The van der Waals surface area contributed by atoms with Crippen LogP contribution in [0.3, 0.4) is 0 Å². The number of halogens is 1. The zero-order valence-electron chi connectivity index (χ0n) is 17.1. The summed E-state index contributed by atoms with van der Waals surface area (Å²) in [6.07, 6.45) is 3.96. The largest absolute Gasteiger partial charge is 0.484 e. The number of piperidine rings is 1. The Labute approximate surface area is 183 Å². The first-order valence-corrected chi connectivity index (χ1v) is 10.6. The molecule has 2 amide bonds. The number of nitrogens with one attached hydrogen (secondary N) is 2. The van der Waals surface area contributed by atoms with Crippen molar-refractivity contribution >= 4 is 35.0 Å². The van der Waals surface area contributed by atoms with Gasteiger partial charge in [0, 0.05) is 19.6 Å². The Hall–Kier alpha value is -2.31. The number of ether oxygens (including phenoxy) is 1. The van der Waals surface area contributed by atoms with Gasteiger partial charge in [0.05, 0.1) is 6.04 Å². The molecule has 2 N–H and O–H groups in total. The molecule has 2 unspecified atom stereocenters. The number of hydrogen-bond donors (Lipinski definition) is 2. The zero-order chi connectivity index (χ0) is 20.1. The van der Waals surface area contributed by atoms with E-state index >= 15 is 0 Å². The van der Waals surface area contributed by atoms with Crippen molar-refractivity contribution in [2.24, 2.45) is 5.92 Å². The molecule has 2 atom stereocenters. The molecule has 2 aliphatic rings. The zero-order valence-corrected chi connectivity index (χ0v) is 18.0. The van der Waals surface area contributed by atoms with E-state index in [0.29, 0.717) is 24.8 Å². The first kappa shape index (κ1) is 22.4. The van der Waals surface area contributed by atoms with Crippen molar-refractivity contribution in [3.63, 3.8) is 0 Å². The monoisotopic (exact) mass is 431 g/mol. The van der Waals surface area contributed by atoms with Crippen LogP contribution in [0.2, 0.25) is 0 Å². The van der Waals surface area contributed by atoms with E-state index in [2.05, 4.69) is 16.7 Å². The molecule has 4 rings (SSSR count). The maximum atomic E-state index is 12.6. The van der Waals surface area contributed by atoms with Crippen LogP contribution in [0, 0.1) is 5.92 Å². The van der Waals surface area contributed by atoms with E-state index in [1.807, 2.05) is 41.3 Å². The molecule has 0 aromatic heterocycles. The lowest BCUT2D eigenvalue weighted by molar-refractivity contribution is -0.135. The van der Waals surface area contributed by atoms with Gasteiger partial charge in [-0.05, 0) is 61.1 Å². The average Bonchev–Trinajstić information content (AvgIpc) is 3.31. The second kappa shape index (κ2) is 10.6. The molecule has 0 aliphatic carbocycles. The Kier molecular flexibility index (Phi) is 7.94. The van der Waals surface area contributed by atoms with E-state index in [-0.39, 0.29) is 36.9 Å². The highest BCUT2D eigenvalue weighted by Gasteiger charge is 2.26. The highest BCUT2D eigenvalue weighted by atomic mass is 35.5. The fourth-order valence-electron chi connectivity index (χ4n) is 4.23. The summed E-state index contributed by atoms with van der Waals surface area (Å²) in [4.78, 5) is 26.7. The molecule has 30 heavy (non-hydrogen) atoms. The molecule has 0 bridgehead atoms. The molecule has 2 aliphatic heterocycles. The molecule has 0 radical (unpaired) electrons. The number of benzene rings is 2. The van der Waals surface area contributed by atoms with Gasteiger partial charge < -0.3 is 20.3 Å². The minimum absolute atomic E-state index is 0. The number of carbonyl (C=O) groups is 2. The molecular formula is C23H30ClN3O3. The van der Waals surface area contributed by atoms with Crippen LogP contribution in [-0.4, -0.2) is 55.5 Å². The molecule has 0 spiro atoms. The summed E-state index contributed by atoms with van der Waals surface area (Å²) >= 11 is 0. The Morgan fingerprint density at radius 1 is 1.10 bits per heavy atom. The summed E-state index contributed by atoms with van der Waals surface area (Å²) < 4.78 is 5.76. The Balaban J connectivity index is 0.00000256. The highest BCUT2D eigenvalue weighted by molar-refractivity contribution is 5.85. The van der Waals surface area contributed by atoms with Crippen LogP contribution in [0.4, 0.5) is 0 Å². The van der Waals surface area contributed by atoms with Gasteiger partial charge in [0.25, 0.3) is 5.91 Å². The van der Waals surface area contributed by atoms with Gasteiger partial charge in [-0.25, -0.2) is 0 Å². The number of nitrogens with zero attached hydrogens (tertiary/aromatic N) is 1. The van der Waals surface area contributed by atoms with Crippen LogP contribution in [0.25, 0.3) is 10.8 Å². The van der Waals surface area contributed by atoms with Gasteiger partial charge >= 0.3 is 0 Å². The average molecular weight is 432 g/mol. The third-order valence-electron chi connectivity index (χ3n) is 5.90. The van der Waals surface area contributed by atoms with E-state index in [4.69, 9.17) is 4.74 Å². The molecule has 2 fully saturated rings. The van der Waals surface area contributed by atoms with E-state index in [1.165, 1.54) is 0 Å². The quantitative estimate of drug-likeness (QED) is 0.737. The fourth-order valence-corrected chi connectivity index (χ4v) is 4.23. The predicted molar refractivity (Wildman–Crippen MR) is 120 cm³/mol. The van der Waals surface area contributed by atoms with Gasteiger partial charge in [-0.15, -0.1) is 12.4 Å². The van der Waals surface area contributed by atoms with Crippen LogP contribution in [0.1, 0.15) is 25.7 Å². The molecule has 0 saturated carbocycles. The van der Waals surface area contributed by atoms with Gasteiger partial charge in [-0.3, -0.25) is 9.59 Å². The number of likely N-dealkylation sites (tertiary alicyclic amines) is 1. The number of amides is 2. The van der Waals surface area contributed by atoms with Crippen molar-refractivity contribution in [1.29, 1.82) is 0 Å². The molecule has 2 aromatic carbocycles. The van der Waals surface area contributed by atoms with Gasteiger partial charge in [0.15, 0.2) is 6.61 Å². The fraction of sp³-hybridized carbons (Fsp3) is 0.478. The lowest BCUT2D eigenvalue weighted by atomic mass is 9.97. The highest BCUT2D eigenvalue weighted by Crippen LogP contribution is 2.21. The normalized spacial score (nSPS) is 21.1. The molecule has 162 valence electrons. The lowest BCUT2D eigenvalue weighted by Gasteiger charge is -2.33. The molecule has 7 heteroatoms. The summed E-state index contributed by atoms with van der Waals surface area (Å²) in [6, 6.07) is 13.9. The molecule has 6 nitrogen and oxygen atoms in total. The number of rotatable bonds is 6. The van der Waals surface area contributed by atoms with Gasteiger partial charge in [-0.1, -0.05) is 30.3 Å². The van der Waals surface area contributed by atoms with Gasteiger partial charge in [0.2, 0.25) is 5.91 Å². The van der Waals surface area contributed by atoms with E-state index in [1.54, 1.807) is 0 Å². The Morgan fingerprint density at radius 3 is 2.73 bits per heavy atom. The molecule has 2 aromatic rings. The summed E-state index contributed by atoms with van der Waals surface area (Å²) in [6.45, 7) is 3.03. The van der Waals surface area contributed by atoms with Crippen molar-refractivity contribution in [2.75, 3.05) is 32.8 Å². The van der Waals surface area contributed by atoms with E-state index < -0.39 is 0 Å². The van der Waals surface area contributed by atoms with Gasteiger partial charge in [-0.2, -0.15) is 0 Å². The first-order chi connectivity index (χ1) is 14.2. The van der Waals surface area contributed by atoms with E-state index in [0.717, 1.165) is 49.5 Å². The first-order valence-electron chi connectivity index (χ1n) is 10.6. The minimum atomic E-state index is -0.0494. The van der Waals surface area contributed by atoms with Crippen molar-refractivity contribution < 1.29 is 14.3 Å². The van der Waals surface area contributed by atoms with E-state index in [9.17, 15) is 9.59 Å². The van der Waals surface area contributed by atoms with Crippen LogP contribution in [-0.2, 0) is 9.59 Å². The molecular weight excluding hydrogens is 402 g/mol. The van der Waals surface area contributed by atoms with Crippen molar-refractivity contribution in [3.8, 4) is 5.75 Å². The van der Waals surface area contributed by atoms with Crippen molar-refractivity contribution in [3.05, 3.63) is 42.5 Å². The summed E-state index contributed by atoms with van der Waals surface area (Å²) in [5.74, 6) is 1.11.